The van der Waals surface area contributed by atoms with Gasteiger partial charge in [-0.15, -0.1) is 0 Å². The van der Waals surface area contributed by atoms with Crippen molar-refractivity contribution in [3.63, 3.8) is 0 Å². The van der Waals surface area contributed by atoms with Crippen molar-refractivity contribution in [1.29, 1.82) is 0 Å². The fraction of sp³-hybridized carbons (Fsp3) is 0.368. The number of urea groups is 1. The number of carbonyl (C=O) groups excluding carboxylic acids is 2. The van der Waals surface area contributed by atoms with Gasteiger partial charge in [-0.3, -0.25) is 4.79 Å². The first-order valence-corrected chi connectivity index (χ1v) is 8.35. The predicted molar refractivity (Wildman–Crippen MR) is 98.9 cm³/mol. The molecule has 0 aliphatic heterocycles. The average Bonchev–Trinajstić information content (AvgIpc) is 2.89. The second-order valence-electron chi connectivity index (χ2n) is 6.12. The molecule has 2 rings (SSSR count). The zero-order chi connectivity index (χ0) is 18.6. The van der Waals surface area contributed by atoms with Crippen LogP contribution in [0.5, 0.6) is 0 Å². The highest BCUT2D eigenvalue weighted by molar-refractivity contribution is 5.94. The summed E-state index contributed by atoms with van der Waals surface area (Å²) in [7, 11) is 0. The van der Waals surface area contributed by atoms with Gasteiger partial charge >= 0.3 is 6.03 Å². The van der Waals surface area contributed by atoms with Crippen LogP contribution in [-0.4, -0.2) is 11.9 Å². The van der Waals surface area contributed by atoms with Gasteiger partial charge in [0.1, 0.15) is 11.5 Å². The smallest absolute Gasteiger partial charge is 0.319 e. The van der Waals surface area contributed by atoms with Gasteiger partial charge < -0.3 is 20.4 Å². The first kappa shape index (κ1) is 18.6. The minimum atomic E-state index is -0.312. The van der Waals surface area contributed by atoms with Crippen LogP contribution < -0.4 is 16.0 Å². The average molecular weight is 343 g/mol. The molecule has 0 saturated carbocycles. The van der Waals surface area contributed by atoms with E-state index >= 15 is 0 Å². The summed E-state index contributed by atoms with van der Waals surface area (Å²) < 4.78 is 5.51. The van der Waals surface area contributed by atoms with Crippen LogP contribution in [0.15, 0.2) is 28.7 Å². The standard InChI is InChI=1S/C19H25N3O3/c1-6-18(23)21-15-8-7-11(2)17(10-15)22-19(24)20-13(4)16-9-12(3)25-14(16)5/h7-10,13H,6H2,1-5H3,(H,21,23)(H2,20,22,24)/t13-/m0/s1. The Hall–Kier alpha value is -2.76. The largest absolute Gasteiger partial charge is 0.466 e. The molecule has 0 saturated heterocycles. The van der Waals surface area contributed by atoms with Crippen molar-refractivity contribution in [2.45, 2.75) is 47.1 Å². The van der Waals surface area contributed by atoms with Crippen molar-refractivity contribution in [2.24, 2.45) is 0 Å². The summed E-state index contributed by atoms with van der Waals surface area (Å²) in [4.78, 5) is 23.8. The summed E-state index contributed by atoms with van der Waals surface area (Å²) in [6, 6.07) is 6.85. The van der Waals surface area contributed by atoms with E-state index in [0.29, 0.717) is 17.8 Å². The van der Waals surface area contributed by atoms with Crippen LogP contribution in [0.25, 0.3) is 0 Å². The van der Waals surface area contributed by atoms with Gasteiger partial charge in [0.15, 0.2) is 0 Å². The molecular formula is C19H25N3O3. The Morgan fingerprint density at radius 1 is 1.12 bits per heavy atom. The van der Waals surface area contributed by atoms with E-state index in [9.17, 15) is 9.59 Å². The van der Waals surface area contributed by atoms with E-state index in [1.807, 2.05) is 45.9 Å². The normalized spacial score (nSPS) is 11.7. The third kappa shape index (κ3) is 4.86. The summed E-state index contributed by atoms with van der Waals surface area (Å²) in [5.74, 6) is 1.54. The number of amides is 3. The molecule has 0 fully saturated rings. The summed E-state index contributed by atoms with van der Waals surface area (Å²) in [6.45, 7) is 9.35. The summed E-state index contributed by atoms with van der Waals surface area (Å²) in [5, 5.41) is 8.52. The number of anilines is 2. The molecule has 0 aliphatic carbocycles. The molecule has 3 amide bonds. The van der Waals surface area contributed by atoms with Gasteiger partial charge in [0, 0.05) is 23.4 Å². The minimum Gasteiger partial charge on any atom is -0.466 e. The van der Waals surface area contributed by atoms with E-state index in [0.717, 1.165) is 22.6 Å². The maximum Gasteiger partial charge on any atom is 0.319 e. The molecule has 1 aromatic carbocycles. The summed E-state index contributed by atoms with van der Waals surface area (Å²) in [5.41, 5.74) is 3.17. The van der Waals surface area contributed by atoms with E-state index in [2.05, 4.69) is 16.0 Å². The second kappa shape index (κ2) is 7.88. The zero-order valence-corrected chi connectivity index (χ0v) is 15.3. The Morgan fingerprint density at radius 3 is 2.44 bits per heavy atom. The third-order valence-electron chi connectivity index (χ3n) is 3.98. The lowest BCUT2D eigenvalue weighted by Gasteiger charge is -2.16. The van der Waals surface area contributed by atoms with Crippen LogP contribution in [0.3, 0.4) is 0 Å². The van der Waals surface area contributed by atoms with Crippen molar-refractivity contribution in [2.75, 3.05) is 10.6 Å². The molecule has 2 aromatic rings. The number of furan rings is 1. The predicted octanol–water partition coefficient (Wildman–Crippen LogP) is 4.44. The van der Waals surface area contributed by atoms with Crippen LogP contribution in [0.2, 0.25) is 0 Å². The highest BCUT2D eigenvalue weighted by atomic mass is 16.3. The molecule has 0 aliphatic rings. The van der Waals surface area contributed by atoms with E-state index in [-0.39, 0.29) is 18.0 Å². The first-order chi connectivity index (χ1) is 11.8. The Balaban J connectivity index is 2.05. The molecule has 3 N–H and O–H groups in total. The third-order valence-corrected chi connectivity index (χ3v) is 3.98. The van der Waals surface area contributed by atoms with Crippen LogP contribution in [0.4, 0.5) is 16.2 Å². The summed E-state index contributed by atoms with van der Waals surface area (Å²) in [6.07, 6.45) is 0.401. The molecule has 25 heavy (non-hydrogen) atoms. The van der Waals surface area contributed by atoms with Crippen LogP contribution in [0.1, 0.15) is 49.0 Å². The van der Waals surface area contributed by atoms with Crippen molar-refractivity contribution in [3.05, 3.63) is 46.9 Å². The lowest BCUT2D eigenvalue weighted by molar-refractivity contribution is -0.115. The lowest BCUT2D eigenvalue weighted by atomic mass is 10.1. The molecule has 6 heteroatoms. The Morgan fingerprint density at radius 2 is 1.84 bits per heavy atom. The number of rotatable bonds is 5. The van der Waals surface area contributed by atoms with Gasteiger partial charge in [0.2, 0.25) is 5.91 Å². The zero-order valence-electron chi connectivity index (χ0n) is 15.3. The van der Waals surface area contributed by atoms with Gasteiger partial charge in [0.05, 0.1) is 6.04 Å². The number of aryl methyl sites for hydroxylation is 3. The molecule has 1 aromatic heterocycles. The minimum absolute atomic E-state index is 0.0707. The molecule has 1 atom stereocenters. The lowest BCUT2D eigenvalue weighted by Crippen LogP contribution is -2.31. The topological polar surface area (TPSA) is 83.4 Å². The van der Waals surface area contributed by atoms with Crippen molar-refractivity contribution >= 4 is 23.3 Å². The molecule has 0 radical (unpaired) electrons. The number of nitrogens with one attached hydrogen (secondary N) is 3. The number of benzene rings is 1. The molecule has 6 nitrogen and oxygen atoms in total. The van der Waals surface area contributed by atoms with Crippen molar-refractivity contribution in [1.82, 2.24) is 5.32 Å². The molecule has 0 spiro atoms. The van der Waals surface area contributed by atoms with Crippen LogP contribution in [-0.2, 0) is 4.79 Å². The van der Waals surface area contributed by atoms with Crippen molar-refractivity contribution in [3.8, 4) is 0 Å². The first-order valence-electron chi connectivity index (χ1n) is 8.35. The van der Waals surface area contributed by atoms with Gasteiger partial charge in [-0.05, 0) is 51.5 Å². The van der Waals surface area contributed by atoms with E-state index in [1.54, 1.807) is 13.0 Å². The van der Waals surface area contributed by atoms with Gasteiger partial charge in [-0.2, -0.15) is 0 Å². The Kier molecular flexibility index (Phi) is 5.85. The van der Waals surface area contributed by atoms with Gasteiger partial charge in [0.25, 0.3) is 0 Å². The summed E-state index contributed by atoms with van der Waals surface area (Å²) >= 11 is 0. The molecule has 0 unspecified atom stereocenters. The quantitative estimate of drug-likeness (QED) is 0.750. The SMILES string of the molecule is CCC(=O)Nc1ccc(C)c(NC(=O)N[C@@H](C)c2cc(C)oc2C)c1. The Labute approximate surface area is 148 Å². The molecule has 134 valence electrons. The fourth-order valence-electron chi connectivity index (χ4n) is 2.60. The van der Waals surface area contributed by atoms with Crippen molar-refractivity contribution < 1.29 is 14.0 Å². The Bertz CT molecular complexity index is 780. The van der Waals surface area contributed by atoms with Crippen LogP contribution >= 0.6 is 0 Å². The maximum atomic E-state index is 12.3. The molecule has 1 heterocycles. The number of hydrogen-bond acceptors (Lipinski definition) is 3. The highest BCUT2D eigenvalue weighted by Gasteiger charge is 2.15. The maximum absolute atomic E-state index is 12.3. The van der Waals surface area contributed by atoms with E-state index < -0.39 is 0 Å². The van der Waals surface area contributed by atoms with Gasteiger partial charge in [-0.1, -0.05) is 13.0 Å². The van der Waals surface area contributed by atoms with E-state index in [1.165, 1.54) is 0 Å². The number of carbonyl (C=O) groups is 2. The fourth-order valence-corrected chi connectivity index (χ4v) is 2.60. The monoisotopic (exact) mass is 343 g/mol. The number of hydrogen-bond donors (Lipinski definition) is 3. The van der Waals surface area contributed by atoms with Crippen LogP contribution in [0, 0.1) is 20.8 Å². The molecule has 0 bridgehead atoms. The molecular weight excluding hydrogens is 318 g/mol. The second-order valence-corrected chi connectivity index (χ2v) is 6.12. The van der Waals surface area contributed by atoms with Gasteiger partial charge in [-0.25, -0.2) is 4.79 Å². The highest BCUT2D eigenvalue weighted by Crippen LogP contribution is 2.23. The van der Waals surface area contributed by atoms with E-state index in [4.69, 9.17) is 4.42 Å².